The molecular weight excluding hydrogens is 376 g/mol. The van der Waals surface area contributed by atoms with Crippen LogP contribution in [0.25, 0.3) is 0 Å². The van der Waals surface area contributed by atoms with Gasteiger partial charge in [0.15, 0.2) is 12.4 Å². The van der Waals surface area contributed by atoms with E-state index >= 15 is 0 Å². The zero-order valence-electron chi connectivity index (χ0n) is 15.8. The van der Waals surface area contributed by atoms with Gasteiger partial charge in [-0.25, -0.2) is 8.78 Å². The number of likely N-dealkylation sites (N-methyl/N-ethyl adjacent to an activating group) is 1. The number of nitrogens with zero attached hydrogens (tertiary/aromatic N) is 1. The summed E-state index contributed by atoms with van der Waals surface area (Å²) in [6.07, 6.45) is 0. The molecule has 3 aromatic carbocycles. The third-order valence-corrected chi connectivity index (χ3v) is 4.34. The molecule has 0 N–H and O–H groups in total. The predicted molar refractivity (Wildman–Crippen MR) is 105 cm³/mol. The third kappa shape index (κ3) is 5.48. The summed E-state index contributed by atoms with van der Waals surface area (Å²) < 4.78 is 31.4. The van der Waals surface area contributed by atoms with Crippen LogP contribution in [-0.4, -0.2) is 30.2 Å². The van der Waals surface area contributed by atoms with Crippen molar-refractivity contribution in [3.8, 4) is 5.75 Å². The van der Waals surface area contributed by atoms with Gasteiger partial charge in [0.05, 0.1) is 0 Å². The first-order valence-electron chi connectivity index (χ1n) is 8.94. The maximum atomic E-state index is 13.0. The van der Waals surface area contributed by atoms with E-state index in [1.807, 2.05) is 0 Å². The van der Waals surface area contributed by atoms with Gasteiger partial charge < -0.3 is 9.64 Å². The lowest BCUT2D eigenvalue weighted by molar-refractivity contribution is -0.132. The molecule has 148 valence electrons. The Kier molecular flexibility index (Phi) is 6.34. The molecule has 6 heteroatoms. The maximum absolute atomic E-state index is 13.0. The number of amides is 1. The highest BCUT2D eigenvalue weighted by Crippen LogP contribution is 2.16. The van der Waals surface area contributed by atoms with E-state index in [4.69, 9.17) is 4.74 Å². The van der Waals surface area contributed by atoms with E-state index in [1.54, 1.807) is 43.4 Å². The molecule has 29 heavy (non-hydrogen) atoms. The first kappa shape index (κ1) is 20.2. The fourth-order valence-electron chi connectivity index (χ4n) is 2.68. The zero-order valence-corrected chi connectivity index (χ0v) is 15.8. The smallest absolute Gasteiger partial charge is 0.260 e. The molecule has 0 aliphatic rings. The molecule has 0 aliphatic heterocycles. The minimum absolute atomic E-state index is 0.164. The van der Waals surface area contributed by atoms with Crippen LogP contribution in [0.5, 0.6) is 5.75 Å². The molecule has 0 bridgehead atoms. The predicted octanol–water partition coefficient (Wildman–Crippen LogP) is 4.23. The largest absolute Gasteiger partial charge is 0.484 e. The molecule has 3 rings (SSSR count). The van der Waals surface area contributed by atoms with Gasteiger partial charge in [0.2, 0.25) is 0 Å². The van der Waals surface area contributed by atoms with Gasteiger partial charge in [-0.3, -0.25) is 9.59 Å². The molecule has 3 aromatic rings. The first-order valence-corrected chi connectivity index (χ1v) is 8.94. The third-order valence-electron chi connectivity index (χ3n) is 4.34. The SMILES string of the molecule is CN(Cc1ccc(F)cc1)C(=O)COc1ccc(C(=O)c2ccc(F)cc2)cc1. The quantitative estimate of drug-likeness (QED) is 0.563. The van der Waals surface area contributed by atoms with E-state index in [-0.39, 0.29) is 24.1 Å². The number of ketones is 1. The molecule has 4 nitrogen and oxygen atoms in total. The van der Waals surface area contributed by atoms with Crippen LogP contribution >= 0.6 is 0 Å². The van der Waals surface area contributed by atoms with Gasteiger partial charge in [-0.15, -0.1) is 0 Å². The summed E-state index contributed by atoms with van der Waals surface area (Å²) in [6.45, 7) is 0.177. The highest BCUT2D eigenvalue weighted by molar-refractivity contribution is 6.09. The molecule has 0 aromatic heterocycles. The van der Waals surface area contributed by atoms with Gasteiger partial charge in [0, 0.05) is 24.7 Å². The fraction of sp³-hybridized carbons (Fsp3) is 0.130. The second kappa shape index (κ2) is 9.10. The maximum Gasteiger partial charge on any atom is 0.260 e. The van der Waals surface area contributed by atoms with Crippen molar-refractivity contribution in [3.63, 3.8) is 0 Å². The molecule has 0 fully saturated rings. The van der Waals surface area contributed by atoms with Crippen LogP contribution in [0.2, 0.25) is 0 Å². The van der Waals surface area contributed by atoms with Crippen molar-refractivity contribution in [1.82, 2.24) is 4.90 Å². The number of rotatable bonds is 7. The van der Waals surface area contributed by atoms with Crippen LogP contribution in [-0.2, 0) is 11.3 Å². The Hall–Kier alpha value is -3.54. The summed E-state index contributed by atoms with van der Waals surface area (Å²) in [7, 11) is 1.64. The van der Waals surface area contributed by atoms with E-state index in [0.29, 0.717) is 23.4 Å². The van der Waals surface area contributed by atoms with Crippen molar-refractivity contribution in [1.29, 1.82) is 0 Å². The zero-order chi connectivity index (χ0) is 20.8. The summed E-state index contributed by atoms with van der Waals surface area (Å²) in [5.74, 6) is -0.747. The van der Waals surface area contributed by atoms with Crippen LogP contribution in [0.4, 0.5) is 8.78 Å². The normalized spacial score (nSPS) is 10.4. The molecule has 0 atom stereocenters. The average molecular weight is 395 g/mol. The average Bonchev–Trinajstić information content (AvgIpc) is 2.74. The number of halogens is 2. The van der Waals surface area contributed by atoms with Gasteiger partial charge in [-0.2, -0.15) is 0 Å². The van der Waals surface area contributed by atoms with Crippen molar-refractivity contribution in [2.24, 2.45) is 0 Å². The lowest BCUT2D eigenvalue weighted by Crippen LogP contribution is -2.30. The van der Waals surface area contributed by atoms with Gasteiger partial charge in [0.1, 0.15) is 17.4 Å². The van der Waals surface area contributed by atoms with Crippen LogP contribution in [0.1, 0.15) is 21.5 Å². The summed E-state index contributed by atoms with van der Waals surface area (Å²) in [4.78, 5) is 26.1. The van der Waals surface area contributed by atoms with Crippen molar-refractivity contribution in [3.05, 3.63) is 101 Å². The number of hydrogen-bond acceptors (Lipinski definition) is 3. The summed E-state index contributed by atoms with van der Waals surface area (Å²) in [5.41, 5.74) is 1.63. The number of carbonyl (C=O) groups excluding carboxylic acids is 2. The molecule has 0 heterocycles. The minimum Gasteiger partial charge on any atom is -0.484 e. The fourth-order valence-corrected chi connectivity index (χ4v) is 2.68. The van der Waals surface area contributed by atoms with E-state index in [0.717, 1.165) is 5.56 Å². The Morgan fingerprint density at radius 1 is 0.793 bits per heavy atom. The molecular formula is C23H19F2NO3. The molecule has 0 spiro atoms. The standard InChI is InChI=1S/C23H19F2NO3/c1-26(14-16-2-8-19(24)9-3-16)22(27)15-29-21-12-6-18(7-13-21)23(28)17-4-10-20(25)11-5-17/h2-13H,14-15H2,1H3. The van der Waals surface area contributed by atoms with Crippen molar-refractivity contribution in [2.45, 2.75) is 6.54 Å². The van der Waals surface area contributed by atoms with Gasteiger partial charge in [-0.05, 0) is 66.2 Å². The number of hydrogen-bond donors (Lipinski definition) is 0. The van der Waals surface area contributed by atoms with E-state index in [9.17, 15) is 18.4 Å². The Balaban J connectivity index is 1.54. The van der Waals surface area contributed by atoms with Crippen molar-refractivity contribution >= 4 is 11.7 Å². The molecule has 0 aliphatic carbocycles. The van der Waals surface area contributed by atoms with E-state index in [1.165, 1.54) is 41.3 Å². The summed E-state index contributed by atoms with van der Waals surface area (Å²) >= 11 is 0. The van der Waals surface area contributed by atoms with E-state index < -0.39 is 5.82 Å². The monoisotopic (exact) mass is 395 g/mol. The van der Waals surface area contributed by atoms with Gasteiger partial charge in [0.25, 0.3) is 5.91 Å². The number of carbonyl (C=O) groups is 2. The molecule has 0 radical (unpaired) electrons. The van der Waals surface area contributed by atoms with Crippen LogP contribution < -0.4 is 4.74 Å². The van der Waals surface area contributed by atoms with Gasteiger partial charge >= 0.3 is 0 Å². The second-order valence-corrected chi connectivity index (χ2v) is 6.53. The highest BCUT2D eigenvalue weighted by Gasteiger charge is 2.12. The second-order valence-electron chi connectivity index (χ2n) is 6.53. The molecule has 0 saturated heterocycles. The van der Waals surface area contributed by atoms with Crippen LogP contribution in [0.15, 0.2) is 72.8 Å². The Morgan fingerprint density at radius 2 is 1.28 bits per heavy atom. The van der Waals surface area contributed by atoms with Crippen LogP contribution in [0, 0.1) is 11.6 Å². The first-order chi connectivity index (χ1) is 13.9. The minimum atomic E-state index is -0.403. The number of benzene rings is 3. The topological polar surface area (TPSA) is 46.6 Å². The van der Waals surface area contributed by atoms with Gasteiger partial charge in [-0.1, -0.05) is 12.1 Å². The lowest BCUT2D eigenvalue weighted by Gasteiger charge is -2.17. The molecule has 0 saturated carbocycles. The van der Waals surface area contributed by atoms with Crippen LogP contribution in [0.3, 0.4) is 0 Å². The molecule has 1 amide bonds. The number of ether oxygens (including phenoxy) is 1. The lowest BCUT2D eigenvalue weighted by atomic mass is 10.0. The summed E-state index contributed by atoms with van der Waals surface area (Å²) in [5, 5.41) is 0. The summed E-state index contributed by atoms with van der Waals surface area (Å²) in [6, 6.07) is 17.6. The Bertz CT molecular complexity index is 984. The van der Waals surface area contributed by atoms with Crippen molar-refractivity contribution < 1.29 is 23.1 Å². The Morgan fingerprint density at radius 3 is 1.83 bits per heavy atom. The Labute approximate surface area is 167 Å². The van der Waals surface area contributed by atoms with E-state index in [2.05, 4.69) is 0 Å². The molecule has 0 unspecified atom stereocenters. The highest BCUT2D eigenvalue weighted by atomic mass is 19.1. The van der Waals surface area contributed by atoms with Crippen molar-refractivity contribution in [2.75, 3.05) is 13.7 Å².